The minimum absolute atomic E-state index is 0. The standard InChI is InChI=1S/C4H10O2S2.2C2H6OS.Cu/c5-1-3-7-8-4-2-6;2*3-1-2-4;/h5-6H,1-4H2;2*3-4H,1-2H2;/q;;;+1/p-1. The Morgan fingerprint density at radius 3 is 1.24 bits per heavy atom. The molecule has 0 fully saturated rings. The molecule has 0 saturated carbocycles. The maximum absolute atomic E-state index is 8.27. The molecule has 0 heterocycles. The molecule has 0 atom stereocenters. The van der Waals surface area contributed by atoms with Gasteiger partial charge in [-0.05, 0) is 0 Å². The van der Waals surface area contributed by atoms with Crippen LogP contribution in [0.1, 0.15) is 0 Å². The van der Waals surface area contributed by atoms with E-state index < -0.39 is 0 Å². The first-order valence-electron chi connectivity index (χ1n) is 4.61. The van der Waals surface area contributed by atoms with Crippen LogP contribution in [0.25, 0.3) is 0 Å². The van der Waals surface area contributed by atoms with Crippen molar-refractivity contribution < 1.29 is 37.5 Å². The van der Waals surface area contributed by atoms with E-state index >= 15 is 0 Å². The maximum atomic E-state index is 8.27. The van der Waals surface area contributed by atoms with Crippen molar-refractivity contribution in [1.29, 1.82) is 0 Å². The molecule has 17 heavy (non-hydrogen) atoms. The predicted molar refractivity (Wildman–Crippen MR) is 79.3 cm³/mol. The molecule has 112 valence electrons. The Labute approximate surface area is 133 Å². The van der Waals surface area contributed by atoms with Crippen molar-refractivity contribution in [3.05, 3.63) is 0 Å². The third-order valence-corrected chi connectivity index (χ3v) is 3.37. The molecule has 0 aliphatic carbocycles. The van der Waals surface area contributed by atoms with Gasteiger partial charge in [0.15, 0.2) is 0 Å². The van der Waals surface area contributed by atoms with Crippen molar-refractivity contribution in [2.24, 2.45) is 0 Å². The van der Waals surface area contributed by atoms with E-state index in [9.17, 15) is 0 Å². The normalized spacial score (nSPS) is 8.12. The Morgan fingerprint density at radius 2 is 1.12 bits per heavy atom. The predicted octanol–water partition coefficient (Wildman–Crippen LogP) is -0.216. The average molecular weight is 373 g/mol. The van der Waals surface area contributed by atoms with Crippen LogP contribution in [0.15, 0.2) is 0 Å². The van der Waals surface area contributed by atoms with Crippen molar-refractivity contribution in [3.63, 3.8) is 0 Å². The Balaban J connectivity index is -0.0000000806. The molecule has 4 nitrogen and oxygen atoms in total. The number of hydrogen-bond acceptors (Lipinski definition) is 8. The Morgan fingerprint density at radius 1 is 0.824 bits per heavy atom. The minimum Gasteiger partial charge on any atom is -0.790 e. The van der Waals surface area contributed by atoms with Crippen LogP contribution >= 0.6 is 34.2 Å². The quantitative estimate of drug-likeness (QED) is 0.139. The number of aliphatic hydroxyl groups excluding tert-OH is 4. The van der Waals surface area contributed by atoms with Crippen LogP contribution in [-0.2, 0) is 29.7 Å². The molecule has 0 spiro atoms. The van der Waals surface area contributed by atoms with Crippen LogP contribution in [-0.4, -0.2) is 69.9 Å². The van der Waals surface area contributed by atoms with Gasteiger partial charge in [0, 0.05) is 23.9 Å². The van der Waals surface area contributed by atoms with E-state index in [1.807, 2.05) is 0 Å². The molecular formula is C8H21CuO4S4. The van der Waals surface area contributed by atoms with E-state index in [1.165, 1.54) is 0 Å². The summed E-state index contributed by atoms with van der Waals surface area (Å²) in [5.74, 6) is 2.54. The summed E-state index contributed by atoms with van der Waals surface area (Å²) in [6, 6.07) is 0. The summed E-state index contributed by atoms with van der Waals surface area (Å²) in [6.45, 7) is 0.768. The second-order valence-corrected chi connectivity index (χ2v) is 5.52. The number of thiol groups is 1. The number of aliphatic hydroxyl groups is 4. The van der Waals surface area contributed by atoms with Gasteiger partial charge in [-0.2, -0.15) is 18.4 Å². The molecule has 0 unspecified atom stereocenters. The van der Waals surface area contributed by atoms with E-state index in [4.69, 9.17) is 20.4 Å². The first-order valence-corrected chi connectivity index (χ1v) is 8.31. The fraction of sp³-hybridized carbons (Fsp3) is 1.00. The Kier molecular flexibility index (Phi) is 57.6. The maximum Gasteiger partial charge on any atom is 1.00 e. The second-order valence-electron chi connectivity index (χ2n) is 1.97. The van der Waals surface area contributed by atoms with Crippen LogP contribution in [0, 0.1) is 0 Å². The molecule has 4 N–H and O–H groups in total. The van der Waals surface area contributed by atoms with E-state index in [1.54, 1.807) is 21.6 Å². The van der Waals surface area contributed by atoms with Crippen molar-refractivity contribution in [2.75, 3.05) is 49.4 Å². The SMILES string of the molecule is OCCS.OCCSSCCO.OCC[S-].[Cu+]. The molecule has 0 rings (SSSR count). The zero-order valence-corrected chi connectivity index (χ0v) is 13.7. The summed E-state index contributed by atoms with van der Waals surface area (Å²) < 4.78 is 0. The van der Waals surface area contributed by atoms with Gasteiger partial charge in [-0.15, -0.1) is 0 Å². The third-order valence-electron chi connectivity index (χ3n) is 0.624. The van der Waals surface area contributed by atoms with Crippen molar-refractivity contribution in [3.8, 4) is 0 Å². The molecule has 0 aromatic rings. The van der Waals surface area contributed by atoms with Gasteiger partial charge in [0.25, 0.3) is 0 Å². The summed E-state index contributed by atoms with van der Waals surface area (Å²) in [5.41, 5.74) is 0. The molecule has 0 aromatic heterocycles. The number of rotatable bonds is 7. The summed E-state index contributed by atoms with van der Waals surface area (Å²) in [7, 11) is 3.17. The number of hydrogen-bond donors (Lipinski definition) is 5. The monoisotopic (exact) mass is 372 g/mol. The van der Waals surface area contributed by atoms with Crippen LogP contribution in [0.2, 0.25) is 0 Å². The summed E-state index contributed by atoms with van der Waals surface area (Å²) in [5, 5.41) is 32.1. The van der Waals surface area contributed by atoms with Gasteiger partial charge < -0.3 is 33.1 Å². The van der Waals surface area contributed by atoms with Gasteiger partial charge in [0.2, 0.25) is 0 Å². The molecule has 0 aromatic carbocycles. The van der Waals surface area contributed by atoms with Crippen LogP contribution in [0.5, 0.6) is 0 Å². The summed E-state index contributed by atoms with van der Waals surface area (Å²) >= 11 is 7.97. The van der Waals surface area contributed by atoms with Crippen molar-refractivity contribution >= 4 is 46.8 Å². The van der Waals surface area contributed by atoms with E-state index in [0.717, 1.165) is 11.5 Å². The van der Waals surface area contributed by atoms with Gasteiger partial charge in [0.05, 0.1) is 19.8 Å². The zero-order valence-electron chi connectivity index (χ0n) is 9.42. The van der Waals surface area contributed by atoms with Crippen molar-refractivity contribution in [1.82, 2.24) is 0 Å². The largest absolute Gasteiger partial charge is 1.00 e. The summed E-state index contributed by atoms with van der Waals surface area (Å²) in [6.07, 6.45) is 0. The van der Waals surface area contributed by atoms with E-state index in [2.05, 4.69) is 25.3 Å². The van der Waals surface area contributed by atoms with Crippen molar-refractivity contribution in [2.45, 2.75) is 0 Å². The first-order chi connectivity index (χ1) is 7.74. The summed E-state index contributed by atoms with van der Waals surface area (Å²) in [4.78, 5) is 0. The topological polar surface area (TPSA) is 80.9 Å². The third kappa shape index (κ3) is 57.5. The Hall–Kier alpha value is 1.76. The molecule has 0 radical (unpaired) electrons. The van der Waals surface area contributed by atoms with Gasteiger partial charge in [-0.1, -0.05) is 21.6 Å². The zero-order chi connectivity index (χ0) is 13.1. The van der Waals surface area contributed by atoms with Gasteiger partial charge in [-0.25, -0.2) is 0 Å². The minimum atomic E-state index is 0. The molecule has 0 aliphatic rings. The molecular weight excluding hydrogens is 352 g/mol. The first kappa shape index (κ1) is 27.2. The Bertz CT molecular complexity index is 81.9. The van der Waals surface area contributed by atoms with Crippen LogP contribution in [0.4, 0.5) is 0 Å². The van der Waals surface area contributed by atoms with Gasteiger partial charge in [-0.3, -0.25) is 0 Å². The fourth-order valence-electron chi connectivity index (χ4n) is 0.192. The molecule has 0 bridgehead atoms. The van der Waals surface area contributed by atoms with Crippen LogP contribution in [0.3, 0.4) is 0 Å². The van der Waals surface area contributed by atoms with Gasteiger partial charge in [0.1, 0.15) is 0 Å². The second kappa shape index (κ2) is 36.1. The van der Waals surface area contributed by atoms with E-state index in [0.29, 0.717) is 11.5 Å². The molecule has 9 heteroatoms. The smallest absolute Gasteiger partial charge is 0.790 e. The molecule has 0 saturated heterocycles. The molecule has 0 amide bonds. The van der Waals surface area contributed by atoms with Gasteiger partial charge >= 0.3 is 17.1 Å². The molecule has 0 aliphatic heterocycles. The average Bonchev–Trinajstić information content (AvgIpc) is 2.35. The fourth-order valence-corrected chi connectivity index (χ4v) is 1.73. The van der Waals surface area contributed by atoms with E-state index in [-0.39, 0.29) is 43.5 Å². The van der Waals surface area contributed by atoms with Crippen LogP contribution < -0.4 is 0 Å².